The highest BCUT2D eigenvalue weighted by molar-refractivity contribution is 5.70. The molecule has 0 aliphatic rings. The Labute approximate surface area is 130 Å². The molecule has 2 unspecified atom stereocenters. The third-order valence-electron chi connectivity index (χ3n) is 3.81. The van der Waals surface area contributed by atoms with Gasteiger partial charge in [0.15, 0.2) is 0 Å². The van der Waals surface area contributed by atoms with Gasteiger partial charge in [0.05, 0.1) is 6.04 Å². The standard InChI is InChI=1S/C17H21N3O2/c1-13(20(22)17(18)21)9-10-16(14-6-3-2-4-7-14)15-8-5-11-19-12-15/h2-8,11-13,16,22H,9-10H2,1H3,(H2,18,21). The Balaban J connectivity index is 2.15. The summed E-state index contributed by atoms with van der Waals surface area (Å²) in [4.78, 5) is 15.2. The topological polar surface area (TPSA) is 79.4 Å². The van der Waals surface area contributed by atoms with Crippen LogP contribution in [0.15, 0.2) is 54.9 Å². The minimum absolute atomic E-state index is 0.165. The van der Waals surface area contributed by atoms with Crippen LogP contribution < -0.4 is 5.73 Å². The third kappa shape index (κ3) is 4.05. The first-order valence-corrected chi connectivity index (χ1v) is 7.32. The molecule has 0 saturated carbocycles. The van der Waals surface area contributed by atoms with Crippen LogP contribution in [0.1, 0.15) is 36.8 Å². The second-order valence-corrected chi connectivity index (χ2v) is 5.36. The number of hydroxylamine groups is 2. The maximum absolute atomic E-state index is 11.0. The zero-order valence-electron chi connectivity index (χ0n) is 12.6. The van der Waals surface area contributed by atoms with Gasteiger partial charge in [-0.1, -0.05) is 36.4 Å². The molecule has 3 N–H and O–H groups in total. The van der Waals surface area contributed by atoms with Crippen LogP contribution >= 0.6 is 0 Å². The monoisotopic (exact) mass is 299 g/mol. The normalized spacial score (nSPS) is 13.4. The van der Waals surface area contributed by atoms with Crippen LogP contribution in [0, 0.1) is 0 Å². The van der Waals surface area contributed by atoms with Crippen molar-refractivity contribution >= 4 is 6.03 Å². The van der Waals surface area contributed by atoms with Crippen molar-refractivity contribution < 1.29 is 10.0 Å². The average molecular weight is 299 g/mol. The van der Waals surface area contributed by atoms with E-state index in [-0.39, 0.29) is 12.0 Å². The van der Waals surface area contributed by atoms with Crippen LogP contribution in [0.3, 0.4) is 0 Å². The molecule has 0 radical (unpaired) electrons. The number of amides is 2. The van der Waals surface area contributed by atoms with Crippen LogP contribution in [0.25, 0.3) is 0 Å². The first-order chi connectivity index (χ1) is 10.6. The lowest BCUT2D eigenvalue weighted by atomic mass is 9.87. The summed E-state index contributed by atoms with van der Waals surface area (Å²) in [6, 6.07) is 12.9. The molecule has 5 heteroatoms. The number of pyridine rings is 1. The van der Waals surface area contributed by atoms with Crippen LogP contribution in [0.5, 0.6) is 0 Å². The lowest BCUT2D eigenvalue weighted by Gasteiger charge is -2.24. The number of benzene rings is 1. The summed E-state index contributed by atoms with van der Waals surface area (Å²) < 4.78 is 0. The van der Waals surface area contributed by atoms with Gasteiger partial charge < -0.3 is 5.73 Å². The largest absolute Gasteiger partial charge is 0.350 e. The Morgan fingerprint density at radius 1 is 1.18 bits per heavy atom. The van der Waals surface area contributed by atoms with Crippen molar-refractivity contribution in [2.75, 3.05) is 0 Å². The first-order valence-electron chi connectivity index (χ1n) is 7.32. The van der Waals surface area contributed by atoms with Gasteiger partial charge in [-0.3, -0.25) is 10.2 Å². The molecule has 22 heavy (non-hydrogen) atoms. The van der Waals surface area contributed by atoms with Gasteiger partial charge >= 0.3 is 6.03 Å². The van der Waals surface area contributed by atoms with E-state index in [2.05, 4.69) is 17.1 Å². The molecule has 2 atom stereocenters. The van der Waals surface area contributed by atoms with Gasteiger partial charge in [0, 0.05) is 18.3 Å². The van der Waals surface area contributed by atoms with Crippen LogP contribution in [0.4, 0.5) is 4.79 Å². The van der Waals surface area contributed by atoms with E-state index in [9.17, 15) is 10.0 Å². The van der Waals surface area contributed by atoms with E-state index in [0.717, 1.165) is 12.0 Å². The number of hydrogen-bond acceptors (Lipinski definition) is 3. The van der Waals surface area contributed by atoms with Gasteiger partial charge in [-0.25, -0.2) is 9.86 Å². The minimum Gasteiger partial charge on any atom is -0.350 e. The maximum Gasteiger partial charge on any atom is 0.338 e. The number of carbonyl (C=O) groups is 1. The molecule has 2 aromatic rings. The van der Waals surface area contributed by atoms with E-state index < -0.39 is 6.03 Å². The Morgan fingerprint density at radius 3 is 2.45 bits per heavy atom. The van der Waals surface area contributed by atoms with Gasteiger partial charge in [-0.15, -0.1) is 0 Å². The Morgan fingerprint density at radius 2 is 1.86 bits per heavy atom. The molecule has 116 valence electrons. The number of urea groups is 1. The van der Waals surface area contributed by atoms with E-state index in [1.807, 2.05) is 36.5 Å². The van der Waals surface area contributed by atoms with Crippen LogP contribution in [-0.2, 0) is 0 Å². The Kier molecular flexibility index (Phi) is 5.49. The number of rotatable bonds is 6. The van der Waals surface area contributed by atoms with E-state index in [1.54, 1.807) is 13.1 Å². The molecule has 1 heterocycles. The van der Waals surface area contributed by atoms with E-state index in [0.29, 0.717) is 11.5 Å². The second kappa shape index (κ2) is 7.56. The summed E-state index contributed by atoms with van der Waals surface area (Å²) in [7, 11) is 0. The highest BCUT2D eigenvalue weighted by atomic mass is 16.5. The van der Waals surface area contributed by atoms with E-state index in [1.165, 1.54) is 5.56 Å². The highest BCUT2D eigenvalue weighted by Gasteiger charge is 2.19. The fourth-order valence-corrected chi connectivity index (χ4v) is 2.54. The summed E-state index contributed by atoms with van der Waals surface area (Å²) in [5.41, 5.74) is 7.39. The van der Waals surface area contributed by atoms with Gasteiger partial charge in [0.1, 0.15) is 0 Å². The molecule has 0 aliphatic heterocycles. The average Bonchev–Trinajstić information content (AvgIpc) is 2.56. The van der Waals surface area contributed by atoms with Gasteiger partial charge in [-0.05, 0) is 37.0 Å². The summed E-state index contributed by atoms with van der Waals surface area (Å²) in [6.45, 7) is 1.77. The smallest absolute Gasteiger partial charge is 0.338 e. The maximum atomic E-state index is 11.0. The summed E-state index contributed by atoms with van der Waals surface area (Å²) in [5, 5.41) is 10.2. The summed E-state index contributed by atoms with van der Waals surface area (Å²) >= 11 is 0. The first kappa shape index (κ1) is 16.0. The number of aromatic nitrogens is 1. The van der Waals surface area contributed by atoms with Crippen molar-refractivity contribution in [1.82, 2.24) is 10.0 Å². The Bertz CT molecular complexity index is 550. The van der Waals surface area contributed by atoms with Crippen molar-refractivity contribution in [2.24, 2.45) is 5.73 Å². The SMILES string of the molecule is CC(CCC(c1ccccc1)c1cccnc1)N(O)C(N)=O. The number of hydrogen-bond donors (Lipinski definition) is 2. The van der Waals surface area contributed by atoms with E-state index in [4.69, 9.17) is 5.73 Å². The second-order valence-electron chi connectivity index (χ2n) is 5.36. The lowest BCUT2D eigenvalue weighted by molar-refractivity contribution is -0.0721. The number of nitrogens with two attached hydrogens (primary N) is 1. The zero-order valence-corrected chi connectivity index (χ0v) is 12.6. The fraction of sp³-hybridized carbons (Fsp3) is 0.294. The molecule has 1 aromatic heterocycles. The molecule has 5 nitrogen and oxygen atoms in total. The molecule has 2 rings (SSSR count). The molecule has 2 amide bonds. The number of nitrogens with zero attached hydrogens (tertiary/aromatic N) is 2. The molecule has 0 fully saturated rings. The van der Waals surface area contributed by atoms with Gasteiger partial charge in [-0.2, -0.15) is 0 Å². The van der Waals surface area contributed by atoms with Crippen molar-refractivity contribution in [2.45, 2.75) is 31.7 Å². The van der Waals surface area contributed by atoms with Crippen LogP contribution in [0.2, 0.25) is 0 Å². The van der Waals surface area contributed by atoms with Crippen LogP contribution in [-0.4, -0.2) is 27.3 Å². The Hall–Kier alpha value is -2.40. The van der Waals surface area contributed by atoms with Gasteiger partial charge in [0.25, 0.3) is 0 Å². The van der Waals surface area contributed by atoms with Gasteiger partial charge in [0.2, 0.25) is 0 Å². The van der Waals surface area contributed by atoms with Crippen molar-refractivity contribution in [3.8, 4) is 0 Å². The summed E-state index contributed by atoms with van der Waals surface area (Å²) in [5.74, 6) is 0.165. The number of primary amides is 1. The predicted molar refractivity (Wildman–Crippen MR) is 84.4 cm³/mol. The molecular formula is C17H21N3O2. The fourth-order valence-electron chi connectivity index (χ4n) is 2.54. The van der Waals surface area contributed by atoms with Crippen molar-refractivity contribution in [1.29, 1.82) is 0 Å². The summed E-state index contributed by atoms with van der Waals surface area (Å²) in [6.07, 6.45) is 5.01. The highest BCUT2D eigenvalue weighted by Crippen LogP contribution is 2.29. The lowest BCUT2D eigenvalue weighted by Crippen LogP contribution is -2.39. The molecule has 0 saturated heterocycles. The quantitative estimate of drug-likeness (QED) is 0.635. The predicted octanol–water partition coefficient (Wildman–Crippen LogP) is 3.15. The molecule has 0 bridgehead atoms. The molecule has 0 spiro atoms. The molecular weight excluding hydrogens is 278 g/mol. The minimum atomic E-state index is -0.829. The molecule has 1 aromatic carbocycles. The van der Waals surface area contributed by atoms with Crippen molar-refractivity contribution in [3.05, 3.63) is 66.0 Å². The zero-order chi connectivity index (χ0) is 15.9. The molecule has 0 aliphatic carbocycles. The van der Waals surface area contributed by atoms with E-state index >= 15 is 0 Å². The third-order valence-corrected chi connectivity index (χ3v) is 3.81. The number of carbonyl (C=O) groups excluding carboxylic acids is 1. The van der Waals surface area contributed by atoms with Crippen molar-refractivity contribution in [3.63, 3.8) is 0 Å².